The summed E-state index contributed by atoms with van der Waals surface area (Å²) in [6, 6.07) is 0. The zero-order valence-corrected chi connectivity index (χ0v) is 13.8. The summed E-state index contributed by atoms with van der Waals surface area (Å²) in [6.45, 7) is 7.31. The van der Waals surface area contributed by atoms with Crippen LogP contribution in [0.3, 0.4) is 0 Å². The van der Waals surface area contributed by atoms with E-state index in [-0.39, 0.29) is 6.10 Å². The van der Waals surface area contributed by atoms with Crippen LogP contribution in [0.25, 0.3) is 0 Å². The van der Waals surface area contributed by atoms with Crippen molar-refractivity contribution in [1.29, 1.82) is 0 Å². The maximum atomic E-state index is 9.71. The molecule has 0 fully saturated rings. The molecule has 0 aromatic heterocycles. The first-order valence-corrected chi connectivity index (χ1v) is 9.01. The number of ether oxygens (including phenoxy) is 1. The molecule has 0 saturated heterocycles. The summed E-state index contributed by atoms with van der Waals surface area (Å²) in [5.74, 6) is 1.99. The molecule has 3 nitrogen and oxygen atoms in total. The van der Waals surface area contributed by atoms with E-state index in [1.165, 1.54) is 31.4 Å². The molecule has 0 saturated carbocycles. The van der Waals surface area contributed by atoms with Gasteiger partial charge in [0.2, 0.25) is 0 Å². The van der Waals surface area contributed by atoms with Crippen molar-refractivity contribution in [1.82, 2.24) is 5.32 Å². The molecule has 0 aromatic rings. The summed E-state index contributed by atoms with van der Waals surface area (Å²) in [5, 5.41) is 13.0. The molecule has 2 N–H and O–H groups in total. The average molecular weight is 292 g/mol. The van der Waals surface area contributed by atoms with Crippen LogP contribution in [0.1, 0.15) is 46.0 Å². The molecular formula is C15H33NO2S. The maximum Gasteiger partial charge on any atom is 0.0897 e. The van der Waals surface area contributed by atoms with Gasteiger partial charge in [0.05, 0.1) is 12.7 Å². The Morgan fingerprint density at radius 1 is 1.16 bits per heavy atom. The number of hydrogen-bond donors (Lipinski definition) is 2. The van der Waals surface area contributed by atoms with Crippen molar-refractivity contribution in [3.8, 4) is 0 Å². The van der Waals surface area contributed by atoms with Crippen molar-refractivity contribution in [2.24, 2.45) is 5.92 Å². The molecule has 116 valence electrons. The van der Waals surface area contributed by atoms with Gasteiger partial charge in [0.1, 0.15) is 0 Å². The highest BCUT2D eigenvalue weighted by atomic mass is 32.2. The Morgan fingerprint density at radius 2 is 1.95 bits per heavy atom. The van der Waals surface area contributed by atoms with Gasteiger partial charge >= 0.3 is 0 Å². The lowest BCUT2D eigenvalue weighted by Crippen LogP contribution is -2.31. The van der Waals surface area contributed by atoms with Crippen molar-refractivity contribution >= 4 is 11.8 Å². The van der Waals surface area contributed by atoms with Crippen LogP contribution >= 0.6 is 11.8 Å². The van der Waals surface area contributed by atoms with Gasteiger partial charge in [0, 0.05) is 13.2 Å². The van der Waals surface area contributed by atoms with Gasteiger partial charge in [-0.25, -0.2) is 0 Å². The van der Waals surface area contributed by atoms with Crippen LogP contribution in [0.4, 0.5) is 0 Å². The van der Waals surface area contributed by atoms with E-state index in [1.54, 1.807) is 0 Å². The number of nitrogens with one attached hydrogen (secondary N) is 1. The van der Waals surface area contributed by atoms with Crippen molar-refractivity contribution in [3.63, 3.8) is 0 Å². The molecule has 0 aromatic carbocycles. The minimum atomic E-state index is -0.370. The molecule has 0 aliphatic carbocycles. The predicted octanol–water partition coefficient (Wildman–Crippen LogP) is 2.92. The highest BCUT2D eigenvalue weighted by molar-refractivity contribution is 7.98. The second kappa shape index (κ2) is 14.6. The van der Waals surface area contributed by atoms with Crippen molar-refractivity contribution < 1.29 is 9.84 Å². The Kier molecular flexibility index (Phi) is 14.8. The Bertz CT molecular complexity index is 180. The molecule has 0 amide bonds. The van der Waals surface area contributed by atoms with Gasteiger partial charge in [0.25, 0.3) is 0 Å². The lowest BCUT2D eigenvalue weighted by molar-refractivity contribution is 0.0348. The third kappa shape index (κ3) is 16.2. The first-order valence-electron chi connectivity index (χ1n) is 7.62. The van der Waals surface area contributed by atoms with Crippen LogP contribution in [0.2, 0.25) is 0 Å². The molecule has 19 heavy (non-hydrogen) atoms. The Labute approximate surface area is 123 Å². The lowest BCUT2D eigenvalue weighted by atomic mass is 10.1. The first kappa shape index (κ1) is 19.2. The minimum absolute atomic E-state index is 0.370. The monoisotopic (exact) mass is 291 g/mol. The lowest BCUT2D eigenvalue weighted by Gasteiger charge is -2.12. The normalized spacial score (nSPS) is 13.1. The average Bonchev–Trinajstić information content (AvgIpc) is 2.37. The van der Waals surface area contributed by atoms with Crippen LogP contribution in [-0.4, -0.2) is 49.5 Å². The predicted molar refractivity (Wildman–Crippen MR) is 86.0 cm³/mol. The number of aliphatic hydroxyl groups is 1. The van der Waals surface area contributed by atoms with Gasteiger partial charge in [-0.3, -0.25) is 0 Å². The fraction of sp³-hybridized carbons (Fsp3) is 1.00. The van der Waals surface area contributed by atoms with Crippen LogP contribution < -0.4 is 5.32 Å². The summed E-state index contributed by atoms with van der Waals surface area (Å²) < 4.78 is 5.46. The van der Waals surface area contributed by atoms with Gasteiger partial charge in [-0.1, -0.05) is 20.3 Å². The molecule has 0 radical (unpaired) electrons. The maximum absolute atomic E-state index is 9.71. The van der Waals surface area contributed by atoms with E-state index >= 15 is 0 Å². The van der Waals surface area contributed by atoms with E-state index in [0.717, 1.165) is 25.5 Å². The van der Waals surface area contributed by atoms with Crippen LogP contribution in [0, 0.1) is 5.92 Å². The Balaban J connectivity index is 3.14. The number of rotatable bonds is 14. The van der Waals surface area contributed by atoms with Gasteiger partial charge in [-0.2, -0.15) is 11.8 Å². The summed E-state index contributed by atoms with van der Waals surface area (Å²) in [6.07, 6.45) is 7.83. The summed E-state index contributed by atoms with van der Waals surface area (Å²) in [7, 11) is 0. The molecule has 0 heterocycles. The van der Waals surface area contributed by atoms with Gasteiger partial charge in [0.15, 0.2) is 0 Å². The van der Waals surface area contributed by atoms with Crippen molar-refractivity contribution in [3.05, 3.63) is 0 Å². The van der Waals surface area contributed by atoms with E-state index in [2.05, 4.69) is 25.4 Å². The Morgan fingerprint density at radius 3 is 2.63 bits per heavy atom. The molecule has 0 rings (SSSR count). The number of unbranched alkanes of at least 4 members (excludes halogenated alkanes) is 2. The molecule has 1 atom stereocenters. The molecular weight excluding hydrogens is 258 g/mol. The molecule has 4 heteroatoms. The molecule has 1 unspecified atom stereocenters. The molecule has 0 aliphatic rings. The van der Waals surface area contributed by atoms with Crippen LogP contribution in [-0.2, 0) is 4.74 Å². The SMILES string of the molecule is CSCCCCCNCC(O)COCCCC(C)C. The quantitative estimate of drug-likeness (QED) is 0.483. The third-order valence-electron chi connectivity index (χ3n) is 2.96. The second-order valence-electron chi connectivity index (χ2n) is 5.52. The van der Waals surface area contributed by atoms with E-state index in [0.29, 0.717) is 13.2 Å². The molecule has 0 aliphatic heterocycles. The van der Waals surface area contributed by atoms with E-state index in [1.807, 2.05) is 11.8 Å². The van der Waals surface area contributed by atoms with Gasteiger partial charge in [-0.15, -0.1) is 0 Å². The highest BCUT2D eigenvalue weighted by Crippen LogP contribution is 2.03. The summed E-state index contributed by atoms with van der Waals surface area (Å²) in [5.41, 5.74) is 0. The first-order chi connectivity index (χ1) is 9.16. The number of aliphatic hydroxyl groups excluding tert-OH is 1. The third-order valence-corrected chi connectivity index (χ3v) is 3.66. The Hall–Kier alpha value is 0.230. The molecule has 0 bridgehead atoms. The topological polar surface area (TPSA) is 41.5 Å². The fourth-order valence-corrected chi connectivity index (χ4v) is 2.31. The van der Waals surface area contributed by atoms with Crippen molar-refractivity contribution in [2.45, 2.75) is 52.1 Å². The molecule has 0 spiro atoms. The highest BCUT2D eigenvalue weighted by Gasteiger charge is 2.03. The van der Waals surface area contributed by atoms with Crippen molar-refractivity contribution in [2.75, 3.05) is 38.3 Å². The smallest absolute Gasteiger partial charge is 0.0897 e. The second-order valence-corrected chi connectivity index (χ2v) is 6.51. The zero-order valence-electron chi connectivity index (χ0n) is 13.0. The summed E-state index contributed by atoms with van der Waals surface area (Å²) >= 11 is 1.91. The van der Waals surface area contributed by atoms with E-state index < -0.39 is 0 Å². The van der Waals surface area contributed by atoms with Gasteiger partial charge < -0.3 is 15.2 Å². The van der Waals surface area contributed by atoms with Crippen LogP contribution in [0.5, 0.6) is 0 Å². The largest absolute Gasteiger partial charge is 0.389 e. The minimum Gasteiger partial charge on any atom is -0.389 e. The summed E-state index contributed by atoms with van der Waals surface area (Å²) in [4.78, 5) is 0. The number of hydrogen-bond acceptors (Lipinski definition) is 4. The standard InChI is InChI=1S/C15H33NO2S/c1-14(2)8-7-10-18-13-15(17)12-16-9-5-4-6-11-19-3/h14-17H,4-13H2,1-3H3. The van der Waals surface area contributed by atoms with E-state index in [4.69, 9.17) is 4.74 Å². The van der Waals surface area contributed by atoms with E-state index in [9.17, 15) is 5.11 Å². The van der Waals surface area contributed by atoms with Gasteiger partial charge in [-0.05, 0) is 50.2 Å². The fourth-order valence-electron chi connectivity index (χ4n) is 1.81. The number of thioether (sulfide) groups is 1. The zero-order chi connectivity index (χ0) is 14.3. The van der Waals surface area contributed by atoms with Crippen LogP contribution in [0.15, 0.2) is 0 Å².